The van der Waals surface area contributed by atoms with Gasteiger partial charge in [-0.05, 0) is 44.4 Å². The Hall–Kier alpha value is -2.88. The van der Waals surface area contributed by atoms with Crippen molar-refractivity contribution in [3.8, 4) is 0 Å². The summed E-state index contributed by atoms with van der Waals surface area (Å²) >= 11 is 1.27. The van der Waals surface area contributed by atoms with Gasteiger partial charge in [-0.2, -0.15) is 0 Å². The van der Waals surface area contributed by atoms with Gasteiger partial charge in [0.2, 0.25) is 11.7 Å². The molecule has 2 N–H and O–H groups in total. The van der Waals surface area contributed by atoms with Gasteiger partial charge in [-0.1, -0.05) is 31.5 Å². The number of thioether (sulfide) groups is 1. The van der Waals surface area contributed by atoms with Crippen LogP contribution in [0.3, 0.4) is 0 Å². The summed E-state index contributed by atoms with van der Waals surface area (Å²) in [6.45, 7) is 3.94. The molecule has 10 heteroatoms. The molecule has 32 heavy (non-hydrogen) atoms. The molecule has 0 radical (unpaired) electrons. The molecule has 1 fully saturated rings. The molecule has 1 atom stereocenters. The molecule has 0 aliphatic heterocycles. The summed E-state index contributed by atoms with van der Waals surface area (Å²) < 4.78 is 3.17. The normalized spacial score (nSPS) is 15.3. The highest BCUT2D eigenvalue weighted by atomic mass is 32.2. The first-order valence-corrected chi connectivity index (χ1v) is 12.0. The topological polar surface area (TPSA) is 110 Å². The van der Waals surface area contributed by atoms with Crippen molar-refractivity contribution < 1.29 is 9.59 Å². The van der Waals surface area contributed by atoms with Crippen molar-refractivity contribution in [1.29, 1.82) is 0 Å². The Morgan fingerprint density at radius 2 is 2.00 bits per heavy atom. The number of benzene rings is 1. The molecule has 1 unspecified atom stereocenters. The molecular formula is C22H28N6O3S. The van der Waals surface area contributed by atoms with Crippen molar-refractivity contribution in [2.45, 2.75) is 63.2 Å². The van der Waals surface area contributed by atoms with E-state index in [1.807, 2.05) is 13.8 Å². The number of hydrogen-bond donors (Lipinski definition) is 2. The minimum absolute atomic E-state index is 0.0404. The Balaban J connectivity index is 1.68. The highest BCUT2D eigenvalue weighted by Crippen LogP contribution is 2.23. The smallest absolute Gasteiger partial charge is 0.262 e. The van der Waals surface area contributed by atoms with Crippen molar-refractivity contribution in [3.05, 3.63) is 34.1 Å². The molecule has 3 aromatic rings. The van der Waals surface area contributed by atoms with Gasteiger partial charge in [0.25, 0.3) is 11.5 Å². The third-order valence-electron chi connectivity index (χ3n) is 5.99. The third-order valence-corrected chi connectivity index (χ3v) is 6.92. The molecule has 170 valence electrons. The molecule has 2 amide bonds. The summed E-state index contributed by atoms with van der Waals surface area (Å²) in [5.41, 5.74) is 0.781. The first-order valence-electron chi connectivity index (χ1n) is 11.0. The van der Waals surface area contributed by atoms with E-state index in [0.29, 0.717) is 27.4 Å². The highest BCUT2D eigenvalue weighted by Gasteiger charge is 2.20. The number of aryl methyl sites for hydroxylation is 1. The lowest BCUT2D eigenvalue weighted by atomic mass is 10.1. The molecule has 0 saturated heterocycles. The Kier molecular flexibility index (Phi) is 6.50. The molecule has 1 aliphatic rings. The van der Waals surface area contributed by atoms with Crippen molar-refractivity contribution in [3.63, 3.8) is 0 Å². The van der Waals surface area contributed by atoms with Gasteiger partial charge in [0.05, 0.1) is 16.7 Å². The van der Waals surface area contributed by atoms with Crippen LogP contribution in [0.25, 0.3) is 16.7 Å². The van der Waals surface area contributed by atoms with Crippen molar-refractivity contribution in [2.75, 3.05) is 5.75 Å². The molecular weight excluding hydrogens is 428 g/mol. The van der Waals surface area contributed by atoms with E-state index in [4.69, 9.17) is 0 Å². The van der Waals surface area contributed by atoms with Crippen LogP contribution in [0.2, 0.25) is 0 Å². The van der Waals surface area contributed by atoms with Gasteiger partial charge in [-0.3, -0.25) is 23.4 Å². The van der Waals surface area contributed by atoms with E-state index in [2.05, 4.69) is 20.8 Å². The molecule has 2 aromatic heterocycles. The van der Waals surface area contributed by atoms with Crippen LogP contribution < -0.4 is 16.2 Å². The lowest BCUT2D eigenvalue weighted by Gasteiger charge is -2.13. The summed E-state index contributed by atoms with van der Waals surface area (Å²) in [6.07, 6.45) is 5.18. The Bertz CT molecular complexity index is 1230. The number of hydrogen-bond acceptors (Lipinski definition) is 6. The first-order chi connectivity index (χ1) is 15.4. The zero-order valence-electron chi connectivity index (χ0n) is 18.6. The van der Waals surface area contributed by atoms with Crippen LogP contribution in [0.4, 0.5) is 0 Å². The van der Waals surface area contributed by atoms with Crippen molar-refractivity contribution in [1.82, 2.24) is 29.8 Å². The third kappa shape index (κ3) is 4.36. The molecule has 1 aliphatic carbocycles. The molecule has 1 aromatic carbocycles. The van der Waals surface area contributed by atoms with E-state index in [9.17, 15) is 14.4 Å². The average molecular weight is 457 g/mol. The monoisotopic (exact) mass is 456 g/mol. The predicted molar refractivity (Wildman–Crippen MR) is 124 cm³/mol. The zero-order chi connectivity index (χ0) is 22.8. The minimum atomic E-state index is -0.218. The summed E-state index contributed by atoms with van der Waals surface area (Å²) in [5.74, 6) is 0.325. The van der Waals surface area contributed by atoms with Crippen LogP contribution in [0.5, 0.6) is 0 Å². The summed E-state index contributed by atoms with van der Waals surface area (Å²) in [6, 6.07) is 5.30. The number of nitrogens with one attached hydrogen (secondary N) is 2. The van der Waals surface area contributed by atoms with Gasteiger partial charge >= 0.3 is 0 Å². The molecule has 1 saturated carbocycles. The summed E-state index contributed by atoms with van der Waals surface area (Å²) in [5, 5.41) is 15.4. The standard InChI is InChI=1S/C22H28N6O3S/c1-4-13(2)23-19(30)14-9-10-16-17(11-14)28-21(27(3)20(16)31)25-26-22(28)32-12-18(29)24-15-7-5-6-8-15/h9-11,13,15H,4-8,12H2,1-3H3,(H,23,30)(H,24,29). The molecule has 9 nitrogen and oxygen atoms in total. The minimum Gasteiger partial charge on any atom is -0.353 e. The molecule has 0 bridgehead atoms. The number of carbonyl (C=O) groups is 2. The Morgan fingerprint density at radius 3 is 2.72 bits per heavy atom. The number of amides is 2. The lowest BCUT2D eigenvalue weighted by molar-refractivity contribution is -0.119. The van der Waals surface area contributed by atoms with E-state index in [-0.39, 0.29) is 35.2 Å². The SMILES string of the molecule is CCC(C)NC(=O)c1ccc2c(=O)n(C)c3nnc(SCC(=O)NC4CCCC4)n3c2c1. The highest BCUT2D eigenvalue weighted by molar-refractivity contribution is 7.99. The number of nitrogens with zero attached hydrogens (tertiary/aromatic N) is 4. The van der Waals surface area contributed by atoms with Gasteiger partial charge in [-0.15, -0.1) is 10.2 Å². The second kappa shape index (κ2) is 9.32. The largest absolute Gasteiger partial charge is 0.353 e. The predicted octanol–water partition coefficient (Wildman–Crippen LogP) is 2.26. The van der Waals surface area contributed by atoms with Crippen molar-refractivity contribution >= 4 is 40.3 Å². The van der Waals surface area contributed by atoms with Crippen LogP contribution in [0, 0.1) is 0 Å². The quantitative estimate of drug-likeness (QED) is 0.528. The Labute approximate surface area is 190 Å². The molecule has 4 rings (SSSR count). The molecule has 2 heterocycles. The van der Waals surface area contributed by atoms with Crippen molar-refractivity contribution in [2.24, 2.45) is 7.05 Å². The summed E-state index contributed by atoms with van der Waals surface area (Å²) in [4.78, 5) is 37.9. The van der Waals surface area contributed by atoms with Gasteiger partial charge in [0.15, 0.2) is 5.16 Å². The van der Waals surface area contributed by atoms with E-state index in [1.54, 1.807) is 29.6 Å². The first kappa shape index (κ1) is 22.3. The van der Waals surface area contributed by atoms with E-state index in [1.165, 1.54) is 16.3 Å². The second-order valence-electron chi connectivity index (χ2n) is 8.33. The molecule has 0 spiro atoms. The number of fused-ring (bicyclic) bond motifs is 3. The van der Waals surface area contributed by atoms with Crippen LogP contribution in [-0.4, -0.2) is 48.8 Å². The fraction of sp³-hybridized carbons (Fsp3) is 0.500. The van der Waals surface area contributed by atoms with Gasteiger partial charge < -0.3 is 10.6 Å². The Morgan fingerprint density at radius 1 is 1.25 bits per heavy atom. The maximum absolute atomic E-state index is 12.8. The van der Waals surface area contributed by atoms with E-state index >= 15 is 0 Å². The summed E-state index contributed by atoms with van der Waals surface area (Å²) in [7, 11) is 1.64. The van der Waals surface area contributed by atoms with E-state index < -0.39 is 0 Å². The van der Waals surface area contributed by atoms with Gasteiger partial charge in [0.1, 0.15) is 0 Å². The van der Waals surface area contributed by atoms with Gasteiger partial charge in [0, 0.05) is 24.7 Å². The number of aromatic nitrogens is 4. The van der Waals surface area contributed by atoms with Crippen LogP contribution in [0.15, 0.2) is 28.2 Å². The number of rotatable bonds is 7. The van der Waals surface area contributed by atoms with Crippen LogP contribution >= 0.6 is 11.8 Å². The van der Waals surface area contributed by atoms with E-state index in [0.717, 1.165) is 32.1 Å². The van der Waals surface area contributed by atoms with Crippen LogP contribution in [-0.2, 0) is 11.8 Å². The number of carbonyl (C=O) groups excluding carboxylic acids is 2. The second-order valence-corrected chi connectivity index (χ2v) is 9.28. The fourth-order valence-electron chi connectivity index (χ4n) is 3.97. The zero-order valence-corrected chi connectivity index (χ0v) is 19.4. The average Bonchev–Trinajstić information content (AvgIpc) is 3.45. The maximum atomic E-state index is 12.8. The maximum Gasteiger partial charge on any atom is 0.262 e. The van der Waals surface area contributed by atoms with Gasteiger partial charge in [-0.25, -0.2) is 0 Å². The van der Waals surface area contributed by atoms with Crippen LogP contribution in [0.1, 0.15) is 56.3 Å². The fourth-order valence-corrected chi connectivity index (χ4v) is 4.72. The lowest BCUT2D eigenvalue weighted by Crippen LogP contribution is -2.33.